The highest BCUT2D eigenvalue weighted by Gasteiger charge is 2.26. The highest BCUT2D eigenvalue weighted by molar-refractivity contribution is 6.12. The summed E-state index contributed by atoms with van der Waals surface area (Å²) >= 11 is 0. The van der Waals surface area contributed by atoms with Crippen molar-refractivity contribution in [2.24, 2.45) is 0 Å². The number of carbonyl (C=O) groups excluding carboxylic acids is 1. The Morgan fingerprint density at radius 1 is 1.00 bits per heavy atom. The van der Waals surface area contributed by atoms with Crippen LogP contribution in [0.15, 0.2) is 66.2 Å². The summed E-state index contributed by atoms with van der Waals surface area (Å²) in [5, 5.41) is 9.69. The van der Waals surface area contributed by atoms with Crippen molar-refractivity contribution in [3.8, 4) is 23.3 Å². The molecule has 6 heteroatoms. The molecule has 3 aromatic rings. The Kier molecular flexibility index (Phi) is 7.92. The molecule has 1 aliphatic heterocycles. The quantitative estimate of drug-likeness (QED) is 0.224. The molecule has 1 heterocycles. The highest BCUT2D eigenvalue weighted by Crippen LogP contribution is 2.31. The number of nitrogens with zero attached hydrogens (tertiary/aromatic N) is 2. The Balaban J connectivity index is 1.37. The fourth-order valence-electron chi connectivity index (χ4n) is 4.28. The van der Waals surface area contributed by atoms with Gasteiger partial charge in [-0.2, -0.15) is 5.26 Å². The Hall–Kier alpha value is -4.24. The van der Waals surface area contributed by atoms with Gasteiger partial charge in [0.2, 0.25) is 0 Å². The molecule has 0 spiro atoms. The second-order valence-electron chi connectivity index (χ2n) is 8.74. The number of rotatable bonds is 9. The summed E-state index contributed by atoms with van der Waals surface area (Å²) in [7, 11) is 1.57. The van der Waals surface area contributed by atoms with Gasteiger partial charge in [0.05, 0.1) is 20.3 Å². The van der Waals surface area contributed by atoms with Crippen molar-refractivity contribution in [3.05, 3.63) is 88.5 Å². The van der Waals surface area contributed by atoms with Gasteiger partial charge in [0, 0.05) is 18.7 Å². The van der Waals surface area contributed by atoms with E-state index in [1.807, 2.05) is 49.4 Å². The van der Waals surface area contributed by atoms with Crippen LogP contribution < -0.4 is 19.1 Å². The van der Waals surface area contributed by atoms with Gasteiger partial charge in [-0.05, 0) is 67.3 Å². The molecule has 0 aromatic heterocycles. The first-order valence-electron chi connectivity index (χ1n) is 12.0. The number of ether oxygens (including phenoxy) is 3. The molecular formula is C30H30N2O4. The Morgan fingerprint density at radius 3 is 2.50 bits per heavy atom. The van der Waals surface area contributed by atoms with E-state index >= 15 is 0 Å². The zero-order chi connectivity index (χ0) is 25.5. The molecule has 3 aromatic carbocycles. The Morgan fingerprint density at radius 2 is 1.75 bits per heavy atom. The maximum Gasteiger partial charge on any atom is 0.268 e. The minimum absolute atomic E-state index is 0.0750. The fourth-order valence-corrected chi connectivity index (χ4v) is 4.28. The predicted molar refractivity (Wildman–Crippen MR) is 141 cm³/mol. The third-order valence-corrected chi connectivity index (χ3v) is 6.12. The van der Waals surface area contributed by atoms with Crippen molar-refractivity contribution in [2.45, 2.75) is 26.7 Å². The number of nitriles is 1. The van der Waals surface area contributed by atoms with Crippen molar-refractivity contribution in [1.82, 2.24) is 0 Å². The first kappa shape index (κ1) is 24.9. The summed E-state index contributed by atoms with van der Waals surface area (Å²) in [6.07, 6.45) is 3.09. The summed E-state index contributed by atoms with van der Waals surface area (Å²) in [6, 6.07) is 21.3. The minimum Gasteiger partial charge on any atom is -0.493 e. The largest absolute Gasteiger partial charge is 0.493 e. The van der Waals surface area contributed by atoms with E-state index in [9.17, 15) is 10.1 Å². The number of amides is 1. The van der Waals surface area contributed by atoms with Gasteiger partial charge in [0.15, 0.2) is 11.5 Å². The number of fused-ring (bicyclic) bond motifs is 1. The van der Waals surface area contributed by atoms with Crippen LogP contribution in [-0.4, -0.2) is 32.8 Å². The molecule has 0 bridgehead atoms. The number of benzene rings is 3. The van der Waals surface area contributed by atoms with Gasteiger partial charge in [0.1, 0.15) is 17.4 Å². The molecule has 0 atom stereocenters. The van der Waals surface area contributed by atoms with Crippen LogP contribution in [0.25, 0.3) is 6.08 Å². The van der Waals surface area contributed by atoms with E-state index in [1.165, 1.54) is 5.56 Å². The summed E-state index contributed by atoms with van der Waals surface area (Å²) in [4.78, 5) is 14.7. The standard InChI is InChI=1S/C30H30N2O4/c1-21-9-11-27(22(2)17-21)35-15-6-16-36-28-12-10-23(19-29(28)34-3)18-25(20-31)30(33)32-14-13-24-7-4-5-8-26(24)32/h4-5,7-12,17-19H,6,13-16H2,1-3H3. The molecular weight excluding hydrogens is 452 g/mol. The maximum atomic E-state index is 13.1. The van der Waals surface area contributed by atoms with Gasteiger partial charge in [0.25, 0.3) is 5.91 Å². The molecule has 0 fully saturated rings. The van der Waals surface area contributed by atoms with Crippen LogP contribution in [0.2, 0.25) is 0 Å². The highest BCUT2D eigenvalue weighted by atomic mass is 16.5. The Labute approximate surface area is 212 Å². The van der Waals surface area contributed by atoms with Crippen molar-refractivity contribution in [3.63, 3.8) is 0 Å². The molecule has 1 aliphatic rings. The van der Waals surface area contributed by atoms with Crippen LogP contribution in [0.4, 0.5) is 5.69 Å². The number of aryl methyl sites for hydroxylation is 2. The first-order valence-corrected chi connectivity index (χ1v) is 12.0. The molecule has 0 saturated heterocycles. The summed E-state index contributed by atoms with van der Waals surface area (Å²) < 4.78 is 17.3. The molecule has 0 saturated carbocycles. The lowest BCUT2D eigenvalue weighted by Crippen LogP contribution is -2.29. The number of anilines is 1. The average molecular weight is 483 g/mol. The number of carbonyl (C=O) groups is 1. The van der Waals surface area contributed by atoms with Crippen molar-refractivity contribution < 1.29 is 19.0 Å². The van der Waals surface area contributed by atoms with Crippen LogP contribution in [0.3, 0.4) is 0 Å². The number of hydrogen-bond donors (Lipinski definition) is 0. The van der Waals surface area contributed by atoms with Gasteiger partial charge >= 0.3 is 0 Å². The Bertz CT molecular complexity index is 1320. The van der Waals surface area contributed by atoms with Crippen molar-refractivity contribution in [1.29, 1.82) is 5.26 Å². The molecule has 36 heavy (non-hydrogen) atoms. The second-order valence-corrected chi connectivity index (χ2v) is 8.74. The molecule has 6 nitrogen and oxygen atoms in total. The van der Waals surface area contributed by atoms with Gasteiger partial charge in [-0.15, -0.1) is 0 Å². The smallest absolute Gasteiger partial charge is 0.268 e. The van der Waals surface area contributed by atoms with Crippen LogP contribution in [0, 0.1) is 25.2 Å². The number of methoxy groups -OCH3 is 1. The molecule has 0 unspecified atom stereocenters. The van der Waals surface area contributed by atoms with Crippen molar-refractivity contribution >= 4 is 17.7 Å². The summed E-state index contributed by atoms with van der Waals surface area (Å²) in [5.74, 6) is 1.72. The van der Waals surface area contributed by atoms with E-state index in [1.54, 1.807) is 30.2 Å². The zero-order valence-electron chi connectivity index (χ0n) is 20.9. The molecule has 0 N–H and O–H groups in total. The summed E-state index contributed by atoms with van der Waals surface area (Å²) in [6.45, 7) is 5.67. The number of hydrogen-bond acceptors (Lipinski definition) is 5. The third kappa shape index (κ3) is 5.69. The topological polar surface area (TPSA) is 71.8 Å². The number of para-hydroxylation sites is 1. The zero-order valence-corrected chi connectivity index (χ0v) is 20.9. The first-order chi connectivity index (χ1) is 17.5. The van der Waals surface area contributed by atoms with E-state index in [0.29, 0.717) is 43.2 Å². The second kappa shape index (κ2) is 11.5. The van der Waals surface area contributed by atoms with E-state index in [4.69, 9.17) is 14.2 Å². The van der Waals surface area contributed by atoms with Crippen LogP contribution in [0.5, 0.6) is 17.2 Å². The van der Waals surface area contributed by atoms with E-state index in [2.05, 4.69) is 19.1 Å². The maximum absolute atomic E-state index is 13.1. The monoisotopic (exact) mass is 482 g/mol. The lowest BCUT2D eigenvalue weighted by Gasteiger charge is -2.16. The predicted octanol–water partition coefficient (Wildman–Crippen LogP) is 5.66. The van der Waals surface area contributed by atoms with E-state index in [0.717, 1.165) is 29.0 Å². The normalized spacial score (nSPS) is 12.6. The third-order valence-electron chi connectivity index (χ3n) is 6.12. The van der Waals surface area contributed by atoms with Gasteiger partial charge < -0.3 is 19.1 Å². The van der Waals surface area contributed by atoms with Gasteiger partial charge in [-0.1, -0.05) is 42.0 Å². The van der Waals surface area contributed by atoms with Crippen molar-refractivity contribution in [2.75, 3.05) is 31.8 Å². The molecule has 1 amide bonds. The molecule has 4 rings (SSSR count). The van der Waals surface area contributed by atoms with E-state index in [-0.39, 0.29) is 11.5 Å². The SMILES string of the molecule is COc1cc(C=C(C#N)C(=O)N2CCc3ccccc32)ccc1OCCCOc1ccc(C)cc1C. The molecule has 0 radical (unpaired) electrons. The lowest BCUT2D eigenvalue weighted by molar-refractivity contribution is -0.114. The molecule has 0 aliphatic carbocycles. The minimum atomic E-state index is -0.300. The van der Waals surface area contributed by atoms with Crippen LogP contribution >= 0.6 is 0 Å². The molecule has 184 valence electrons. The average Bonchev–Trinajstić information content (AvgIpc) is 3.32. The van der Waals surface area contributed by atoms with Gasteiger partial charge in [-0.25, -0.2) is 0 Å². The van der Waals surface area contributed by atoms with Crippen LogP contribution in [-0.2, 0) is 11.2 Å². The van der Waals surface area contributed by atoms with E-state index < -0.39 is 0 Å². The fraction of sp³-hybridized carbons (Fsp3) is 0.267. The van der Waals surface area contributed by atoms with Gasteiger partial charge in [-0.3, -0.25) is 4.79 Å². The van der Waals surface area contributed by atoms with Crippen LogP contribution in [0.1, 0.15) is 28.7 Å². The summed E-state index contributed by atoms with van der Waals surface area (Å²) in [5.41, 5.74) is 5.07. The lowest BCUT2D eigenvalue weighted by atomic mass is 10.1.